The molecule has 0 bridgehead atoms. The number of halogens is 1. The zero-order valence-electron chi connectivity index (χ0n) is 15.2. The van der Waals surface area contributed by atoms with Crippen molar-refractivity contribution >= 4 is 5.91 Å². The van der Waals surface area contributed by atoms with E-state index >= 15 is 0 Å². The lowest BCUT2D eigenvalue weighted by Gasteiger charge is -2.31. The number of likely N-dealkylation sites (tertiary alicyclic amines) is 1. The highest BCUT2D eigenvalue weighted by atomic mass is 19.1. The minimum absolute atomic E-state index is 0.00778. The molecule has 0 unspecified atom stereocenters. The molecule has 1 fully saturated rings. The van der Waals surface area contributed by atoms with Crippen molar-refractivity contribution in [2.45, 2.75) is 26.2 Å². The molecule has 4 rings (SSSR count). The maximum Gasteiger partial charge on any atom is 0.257 e. The van der Waals surface area contributed by atoms with Crippen LogP contribution in [0, 0.1) is 18.7 Å². The summed E-state index contributed by atoms with van der Waals surface area (Å²) in [6, 6.07) is 6.19. The summed E-state index contributed by atoms with van der Waals surface area (Å²) in [6.45, 7) is 3.27. The van der Waals surface area contributed by atoms with E-state index in [1.165, 1.54) is 12.1 Å². The van der Waals surface area contributed by atoms with Crippen LogP contribution < -0.4 is 0 Å². The van der Waals surface area contributed by atoms with Crippen molar-refractivity contribution < 1.29 is 9.18 Å². The van der Waals surface area contributed by atoms with Crippen LogP contribution in [-0.2, 0) is 6.42 Å². The second-order valence-electron chi connectivity index (χ2n) is 7.03. The molecule has 2 aromatic heterocycles. The lowest BCUT2D eigenvalue weighted by atomic mass is 9.93. The maximum absolute atomic E-state index is 13.5. The number of nitrogens with one attached hydrogen (secondary N) is 1. The zero-order chi connectivity index (χ0) is 18.8. The quantitative estimate of drug-likeness (QED) is 0.770. The fraction of sp³-hybridized carbons (Fsp3) is 0.350. The lowest BCUT2D eigenvalue weighted by Crippen LogP contribution is -2.39. The van der Waals surface area contributed by atoms with Crippen LogP contribution >= 0.6 is 0 Å². The van der Waals surface area contributed by atoms with Crippen molar-refractivity contribution in [2.75, 3.05) is 13.1 Å². The summed E-state index contributed by atoms with van der Waals surface area (Å²) in [6.07, 6.45) is 8.15. The number of piperidine rings is 1. The van der Waals surface area contributed by atoms with Gasteiger partial charge in [0.2, 0.25) is 0 Å². The molecule has 1 aliphatic rings. The Hall–Kier alpha value is -2.96. The minimum Gasteiger partial charge on any atom is -0.349 e. The normalized spacial score (nSPS) is 15.3. The van der Waals surface area contributed by atoms with Gasteiger partial charge in [-0.05, 0) is 43.9 Å². The average molecular weight is 367 g/mol. The fourth-order valence-electron chi connectivity index (χ4n) is 3.61. The molecule has 1 aliphatic heterocycles. The van der Waals surface area contributed by atoms with Gasteiger partial charge in [0, 0.05) is 38.1 Å². The number of carbonyl (C=O) groups is 1. The van der Waals surface area contributed by atoms with E-state index in [1.54, 1.807) is 29.2 Å². The zero-order valence-corrected chi connectivity index (χ0v) is 15.2. The van der Waals surface area contributed by atoms with Crippen LogP contribution in [0.15, 0.2) is 42.9 Å². The summed E-state index contributed by atoms with van der Waals surface area (Å²) < 4.78 is 15.0. The van der Waals surface area contributed by atoms with Crippen LogP contribution in [0.2, 0.25) is 0 Å². The number of carbonyl (C=O) groups excluding carboxylic acids is 1. The molecular weight excluding hydrogens is 345 g/mol. The van der Waals surface area contributed by atoms with Crippen molar-refractivity contribution in [1.29, 1.82) is 0 Å². The first kappa shape index (κ1) is 17.5. The Balaban J connectivity index is 1.43. The summed E-state index contributed by atoms with van der Waals surface area (Å²) in [4.78, 5) is 22.3. The van der Waals surface area contributed by atoms with Crippen LogP contribution in [0.4, 0.5) is 4.39 Å². The molecule has 1 amide bonds. The van der Waals surface area contributed by atoms with Crippen molar-refractivity contribution in [3.63, 3.8) is 0 Å². The summed E-state index contributed by atoms with van der Waals surface area (Å²) in [5.74, 6) is 1.21. The number of benzene rings is 1. The van der Waals surface area contributed by atoms with Crippen molar-refractivity contribution in [3.05, 3.63) is 65.8 Å². The van der Waals surface area contributed by atoms with Gasteiger partial charge in [-0.2, -0.15) is 5.10 Å². The second kappa shape index (κ2) is 7.34. The van der Waals surface area contributed by atoms with E-state index in [-0.39, 0.29) is 11.7 Å². The van der Waals surface area contributed by atoms with Crippen LogP contribution in [-0.4, -0.2) is 43.6 Å². The lowest BCUT2D eigenvalue weighted by molar-refractivity contribution is 0.0689. The van der Waals surface area contributed by atoms with E-state index < -0.39 is 0 Å². The molecule has 1 aromatic carbocycles. The molecule has 0 saturated carbocycles. The van der Waals surface area contributed by atoms with Crippen molar-refractivity contribution in [1.82, 2.24) is 24.6 Å². The summed E-state index contributed by atoms with van der Waals surface area (Å²) >= 11 is 0. The number of rotatable bonds is 4. The van der Waals surface area contributed by atoms with Gasteiger partial charge in [-0.3, -0.25) is 4.79 Å². The highest BCUT2D eigenvalue weighted by Gasteiger charge is 2.26. The molecule has 0 radical (unpaired) electrons. The summed E-state index contributed by atoms with van der Waals surface area (Å²) in [7, 11) is 0. The third-order valence-electron chi connectivity index (χ3n) is 5.14. The summed E-state index contributed by atoms with van der Waals surface area (Å²) in [5.41, 5.74) is 1.83. The number of hydrogen-bond acceptors (Lipinski definition) is 3. The minimum atomic E-state index is -0.327. The van der Waals surface area contributed by atoms with Gasteiger partial charge in [0.05, 0.1) is 16.9 Å². The Bertz CT molecular complexity index is 926. The highest BCUT2D eigenvalue weighted by molar-refractivity contribution is 5.95. The van der Waals surface area contributed by atoms with E-state index in [0.29, 0.717) is 22.9 Å². The van der Waals surface area contributed by atoms with Gasteiger partial charge in [0.1, 0.15) is 11.6 Å². The molecular formula is C20H22FN5O. The molecule has 3 heterocycles. The smallest absolute Gasteiger partial charge is 0.257 e. The number of hydrogen-bond donors (Lipinski definition) is 1. The molecule has 0 atom stereocenters. The van der Waals surface area contributed by atoms with Crippen LogP contribution in [0.3, 0.4) is 0 Å². The van der Waals surface area contributed by atoms with E-state index in [0.717, 1.165) is 38.2 Å². The van der Waals surface area contributed by atoms with Crippen LogP contribution in [0.5, 0.6) is 0 Å². The molecule has 0 spiro atoms. The predicted octanol–water partition coefficient (Wildman–Crippen LogP) is 3.14. The molecule has 1 saturated heterocycles. The Morgan fingerprint density at radius 3 is 2.85 bits per heavy atom. The molecule has 27 heavy (non-hydrogen) atoms. The average Bonchev–Trinajstić information content (AvgIpc) is 3.31. The monoisotopic (exact) mass is 367 g/mol. The maximum atomic E-state index is 13.5. The number of imidazole rings is 1. The number of aromatic nitrogens is 4. The van der Waals surface area contributed by atoms with Gasteiger partial charge in [-0.1, -0.05) is 6.07 Å². The second-order valence-corrected chi connectivity index (χ2v) is 7.03. The van der Waals surface area contributed by atoms with Gasteiger partial charge < -0.3 is 9.88 Å². The Morgan fingerprint density at radius 2 is 2.15 bits per heavy atom. The summed E-state index contributed by atoms with van der Waals surface area (Å²) in [5, 5.41) is 4.39. The van der Waals surface area contributed by atoms with E-state index in [9.17, 15) is 9.18 Å². The fourth-order valence-corrected chi connectivity index (χ4v) is 3.61. The van der Waals surface area contributed by atoms with Gasteiger partial charge in [0.25, 0.3) is 5.91 Å². The molecule has 3 aromatic rings. The number of aromatic amines is 1. The predicted molar refractivity (Wildman–Crippen MR) is 99.2 cm³/mol. The van der Waals surface area contributed by atoms with Crippen molar-refractivity contribution in [3.8, 4) is 5.69 Å². The van der Waals surface area contributed by atoms with Gasteiger partial charge >= 0.3 is 0 Å². The standard InChI is InChI=1S/C20H22FN5O/c1-14-18(13-26(24-14)17-4-2-3-16(21)12-17)20(27)25-9-5-15(6-10-25)11-19-22-7-8-23-19/h2-4,7-8,12-13,15H,5-6,9-11H2,1H3,(H,22,23). The van der Waals surface area contributed by atoms with Gasteiger partial charge in [0.15, 0.2) is 0 Å². The first-order valence-electron chi connectivity index (χ1n) is 9.20. The number of H-pyrrole nitrogens is 1. The molecule has 1 N–H and O–H groups in total. The van der Waals surface area contributed by atoms with E-state index in [2.05, 4.69) is 15.1 Å². The molecule has 7 heteroatoms. The highest BCUT2D eigenvalue weighted by Crippen LogP contribution is 2.23. The van der Waals surface area contributed by atoms with Gasteiger partial charge in [-0.15, -0.1) is 0 Å². The largest absolute Gasteiger partial charge is 0.349 e. The Labute approximate surface area is 157 Å². The molecule has 140 valence electrons. The SMILES string of the molecule is Cc1nn(-c2cccc(F)c2)cc1C(=O)N1CCC(Cc2ncc[nH]2)CC1. The first-order chi connectivity index (χ1) is 13.1. The Morgan fingerprint density at radius 1 is 1.33 bits per heavy atom. The molecule has 0 aliphatic carbocycles. The molecule has 6 nitrogen and oxygen atoms in total. The van der Waals surface area contributed by atoms with Crippen molar-refractivity contribution in [2.24, 2.45) is 5.92 Å². The van der Waals surface area contributed by atoms with E-state index in [4.69, 9.17) is 0 Å². The van der Waals surface area contributed by atoms with Crippen LogP contribution in [0.1, 0.15) is 34.7 Å². The van der Waals surface area contributed by atoms with Crippen LogP contribution in [0.25, 0.3) is 5.69 Å². The Kier molecular flexibility index (Phi) is 4.75. The first-order valence-corrected chi connectivity index (χ1v) is 9.20. The number of amides is 1. The third kappa shape index (κ3) is 3.77. The van der Waals surface area contributed by atoms with E-state index in [1.807, 2.05) is 18.0 Å². The topological polar surface area (TPSA) is 66.8 Å². The number of nitrogens with zero attached hydrogens (tertiary/aromatic N) is 4. The number of aryl methyl sites for hydroxylation is 1. The van der Waals surface area contributed by atoms with Gasteiger partial charge in [-0.25, -0.2) is 14.1 Å². The third-order valence-corrected chi connectivity index (χ3v) is 5.14.